The van der Waals surface area contributed by atoms with E-state index in [0.29, 0.717) is 24.5 Å². The molecule has 0 aliphatic carbocycles. The molecule has 1 aliphatic rings. The van der Waals surface area contributed by atoms with Crippen LogP contribution in [0.1, 0.15) is 43.2 Å². The van der Waals surface area contributed by atoms with Crippen LogP contribution in [0.5, 0.6) is 11.5 Å². The van der Waals surface area contributed by atoms with Crippen LogP contribution in [0.25, 0.3) is 0 Å². The third-order valence-electron chi connectivity index (χ3n) is 5.04. The Labute approximate surface area is 154 Å². The Kier molecular flexibility index (Phi) is 5.55. The molecule has 0 saturated carbocycles. The van der Waals surface area contributed by atoms with Gasteiger partial charge in [0, 0.05) is 19.4 Å². The fraction of sp³-hybridized carbons (Fsp3) is 0.476. The van der Waals surface area contributed by atoms with Crippen molar-refractivity contribution < 1.29 is 18.7 Å². The number of aryl methyl sites for hydroxylation is 1. The van der Waals surface area contributed by atoms with Crippen molar-refractivity contribution in [2.75, 3.05) is 20.8 Å². The first kappa shape index (κ1) is 18.4. The molecule has 0 spiro atoms. The van der Waals surface area contributed by atoms with E-state index >= 15 is 0 Å². The highest BCUT2D eigenvalue weighted by atomic mass is 16.5. The number of amides is 1. The van der Waals surface area contributed by atoms with Gasteiger partial charge < -0.3 is 18.8 Å². The van der Waals surface area contributed by atoms with Gasteiger partial charge >= 0.3 is 0 Å². The van der Waals surface area contributed by atoms with Gasteiger partial charge in [0.2, 0.25) is 5.91 Å². The van der Waals surface area contributed by atoms with Crippen LogP contribution in [0.15, 0.2) is 34.9 Å². The number of benzene rings is 1. The third-order valence-corrected chi connectivity index (χ3v) is 5.04. The summed E-state index contributed by atoms with van der Waals surface area (Å²) in [5, 5.41) is 0. The van der Waals surface area contributed by atoms with E-state index < -0.39 is 0 Å². The van der Waals surface area contributed by atoms with Crippen molar-refractivity contribution in [3.63, 3.8) is 0 Å². The maximum atomic E-state index is 12.9. The van der Waals surface area contributed by atoms with Crippen molar-refractivity contribution in [3.05, 3.63) is 47.4 Å². The van der Waals surface area contributed by atoms with E-state index in [1.807, 2.05) is 29.2 Å². The molecule has 1 atom stereocenters. The van der Waals surface area contributed by atoms with Crippen LogP contribution < -0.4 is 9.47 Å². The predicted molar refractivity (Wildman–Crippen MR) is 99.6 cm³/mol. The smallest absolute Gasteiger partial charge is 0.223 e. The molecule has 0 N–H and O–H groups in total. The fourth-order valence-electron chi connectivity index (χ4n) is 3.80. The molecule has 1 amide bonds. The Bertz CT molecular complexity index is 752. The monoisotopic (exact) mass is 357 g/mol. The maximum Gasteiger partial charge on any atom is 0.223 e. The zero-order valence-electron chi connectivity index (χ0n) is 16.0. The second-order valence-electron chi connectivity index (χ2n) is 7.01. The highest BCUT2D eigenvalue weighted by Crippen LogP contribution is 2.41. The minimum absolute atomic E-state index is 0.0441. The summed E-state index contributed by atoms with van der Waals surface area (Å²) in [5.41, 5.74) is 2.40. The van der Waals surface area contributed by atoms with E-state index in [2.05, 4.69) is 13.8 Å². The van der Waals surface area contributed by atoms with Crippen LogP contribution in [0.2, 0.25) is 0 Å². The normalized spacial score (nSPS) is 16.5. The van der Waals surface area contributed by atoms with Gasteiger partial charge in [-0.15, -0.1) is 0 Å². The molecule has 26 heavy (non-hydrogen) atoms. The van der Waals surface area contributed by atoms with Gasteiger partial charge in [-0.1, -0.05) is 13.8 Å². The van der Waals surface area contributed by atoms with E-state index in [0.717, 1.165) is 30.0 Å². The lowest BCUT2D eigenvalue weighted by molar-refractivity contribution is -0.135. The van der Waals surface area contributed by atoms with Crippen molar-refractivity contribution >= 4 is 5.91 Å². The molecule has 2 aromatic rings. The quantitative estimate of drug-likeness (QED) is 0.784. The molecule has 1 aromatic carbocycles. The number of carbonyl (C=O) groups is 1. The van der Waals surface area contributed by atoms with Crippen LogP contribution in [0, 0.1) is 5.92 Å². The van der Waals surface area contributed by atoms with Gasteiger partial charge in [-0.25, -0.2) is 0 Å². The Balaban J connectivity index is 1.86. The first-order valence-corrected chi connectivity index (χ1v) is 9.11. The molecular weight excluding hydrogens is 330 g/mol. The molecule has 1 aromatic heterocycles. The van der Waals surface area contributed by atoms with Gasteiger partial charge in [-0.3, -0.25) is 4.79 Å². The van der Waals surface area contributed by atoms with Crippen LogP contribution >= 0.6 is 0 Å². The molecule has 0 bridgehead atoms. The number of ether oxygens (including phenoxy) is 2. The maximum absolute atomic E-state index is 12.9. The van der Waals surface area contributed by atoms with Gasteiger partial charge in [0.15, 0.2) is 11.5 Å². The van der Waals surface area contributed by atoms with E-state index in [-0.39, 0.29) is 11.9 Å². The predicted octanol–water partition coefficient (Wildman–Crippen LogP) is 4.01. The van der Waals surface area contributed by atoms with E-state index in [1.165, 1.54) is 5.56 Å². The highest BCUT2D eigenvalue weighted by molar-refractivity contribution is 5.77. The number of hydrogen-bond donors (Lipinski definition) is 0. The minimum atomic E-state index is 0.0441. The first-order chi connectivity index (χ1) is 12.5. The zero-order valence-corrected chi connectivity index (χ0v) is 16.0. The van der Waals surface area contributed by atoms with E-state index in [4.69, 9.17) is 13.9 Å². The number of rotatable bonds is 6. The topological polar surface area (TPSA) is 51.9 Å². The second kappa shape index (κ2) is 7.85. The molecule has 140 valence electrons. The molecule has 0 fully saturated rings. The lowest BCUT2D eigenvalue weighted by Crippen LogP contribution is -2.42. The first-order valence-electron chi connectivity index (χ1n) is 9.11. The Morgan fingerprint density at radius 3 is 2.62 bits per heavy atom. The summed E-state index contributed by atoms with van der Waals surface area (Å²) in [4.78, 5) is 14.9. The summed E-state index contributed by atoms with van der Waals surface area (Å²) in [7, 11) is 3.29. The summed E-state index contributed by atoms with van der Waals surface area (Å²) < 4.78 is 16.3. The van der Waals surface area contributed by atoms with Crippen LogP contribution in [-0.2, 0) is 17.6 Å². The number of nitrogens with zero attached hydrogens (tertiary/aromatic N) is 1. The molecule has 0 radical (unpaired) electrons. The number of hydrogen-bond acceptors (Lipinski definition) is 4. The summed E-state index contributed by atoms with van der Waals surface area (Å²) >= 11 is 0. The molecule has 1 aliphatic heterocycles. The molecule has 0 saturated heterocycles. The van der Waals surface area contributed by atoms with Crippen LogP contribution in [0.4, 0.5) is 0 Å². The summed E-state index contributed by atoms with van der Waals surface area (Å²) in [5.74, 6) is 2.77. The largest absolute Gasteiger partial charge is 0.493 e. The average molecular weight is 357 g/mol. The van der Waals surface area contributed by atoms with Crippen LogP contribution in [-0.4, -0.2) is 31.6 Å². The van der Waals surface area contributed by atoms with Gasteiger partial charge in [0.25, 0.3) is 0 Å². The lowest BCUT2D eigenvalue weighted by atomic mass is 9.85. The Hall–Kier alpha value is -2.43. The van der Waals surface area contributed by atoms with Crippen molar-refractivity contribution in [1.82, 2.24) is 4.90 Å². The number of fused-ring (bicyclic) bond motifs is 1. The van der Waals surface area contributed by atoms with E-state index in [9.17, 15) is 4.79 Å². The molecule has 1 unspecified atom stereocenters. The second-order valence-corrected chi connectivity index (χ2v) is 7.01. The Morgan fingerprint density at radius 1 is 1.27 bits per heavy atom. The molecule has 2 heterocycles. The SMILES string of the molecule is COc1cc2c(cc1OC)C(C(C)C)N(C(=O)CCc1ccco1)CC2. The number of furan rings is 1. The van der Waals surface area contributed by atoms with Gasteiger partial charge in [0.1, 0.15) is 5.76 Å². The lowest BCUT2D eigenvalue weighted by Gasteiger charge is -2.40. The average Bonchev–Trinajstić information content (AvgIpc) is 3.17. The molecular formula is C21H27NO4. The van der Waals surface area contributed by atoms with Crippen molar-refractivity contribution in [2.24, 2.45) is 5.92 Å². The summed E-state index contributed by atoms with van der Waals surface area (Å²) in [6, 6.07) is 7.89. The standard InChI is InChI=1S/C21H27NO4/c1-14(2)21-17-13-19(25-4)18(24-3)12-15(17)9-10-22(21)20(23)8-7-16-6-5-11-26-16/h5-6,11-14,21H,7-10H2,1-4H3. The van der Waals surface area contributed by atoms with Gasteiger partial charge in [0.05, 0.1) is 26.5 Å². The number of methoxy groups -OCH3 is 2. The fourth-order valence-corrected chi connectivity index (χ4v) is 3.80. The molecule has 3 rings (SSSR count). The summed E-state index contributed by atoms with van der Waals surface area (Å²) in [6.07, 6.45) is 3.56. The van der Waals surface area contributed by atoms with Gasteiger partial charge in [-0.05, 0) is 47.7 Å². The number of carbonyl (C=O) groups excluding carboxylic acids is 1. The molecule has 5 heteroatoms. The van der Waals surface area contributed by atoms with Crippen molar-refractivity contribution in [2.45, 2.75) is 39.2 Å². The third kappa shape index (κ3) is 3.57. The summed E-state index contributed by atoms with van der Waals surface area (Å²) in [6.45, 7) is 5.04. The molecule has 5 nitrogen and oxygen atoms in total. The van der Waals surface area contributed by atoms with Gasteiger partial charge in [-0.2, -0.15) is 0 Å². The Morgan fingerprint density at radius 2 is 2.00 bits per heavy atom. The van der Waals surface area contributed by atoms with Crippen LogP contribution in [0.3, 0.4) is 0 Å². The van der Waals surface area contributed by atoms with E-state index in [1.54, 1.807) is 20.5 Å². The zero-order chi connectivity index (χ0) is 18.7. The highest BCUT2D eigenvalue weighted by Gasteiger charge is 2.33. The van der Waals surface area contributed by atoms with Crippen molar-refractivity contribution in [3.8, 4) is 11.5 Å². The minimum Gasteiger partial charge on any atom is -0.493 e. The van der Waals surface area contributed by atoms with Crippen molar-refractivity contribution in [1.29, 1.82) is 0 Å².